The smallest absolute Gasteiger partial charge is 0.105 e. The minimum absolute atomic E-state index is 0.222. The predicted molar refractivity (Wildman–Crippen MR) is 109 cm³/mol. The van der Waals surface area contributed by atoms with Gasteiger partial charge < -0.3 is 9.59 Å². The lowest BCUT2D eigenvalue weighted by molar-refractivity contribution is -0.931. The third kappa shape index (κ3) is 12.6. The highest BCUT2D eigenvalue weighted by Gasteiger charge is 2.28. The fourth-order valence-electron chi connectivity index (χ4n) is 4.00. The van der Waals surface area contributed by atoms with Gasteiger partial charge in [0.05, 0.1) is 19.6 Å². The second kappa shape index (κ2) is 15.5. The van der Waals surface area contributed by atoms with Crippen LogP contribution in [0.5, 0.6) is 0 Å². The first kappa shape index (κ1) is 24.2. The van der Waals surface area contributed by atoms with Crippen LogP contribution in [0.2, 0.25) is 0 Å². The van der Waals surface area contributed by atoms with E-state index in [2.05, 4.69) is 20.8 Å². The van der Waals surface area contributed by atoms with Crippen LogP contribution in [-0.4, -0.2) is 47.2 Å². The van der Waals surface area contributed by atoms with E-state index in [1.807, 2.05) is 6.92 Å². The number of alkyl halides is 1. The van der Waals surface area contributed by atoms with Crippen molar-refractivity contribution in [1.29, 1.82) is 0 Å². The van der Waals surface area contributed by atoms with Crippen LogP contribution in [0.4, 0.5) is 0 Å². The van der Waals surface area contributed by atoms with Crippen molar-refractivity contribution < 1.29 is 9.59 Å². The van der Waals surface area contributed by atoms with Gasteiger partial charge in [-0.15, -0.1) is 11.6 Å². The number of halogens is 1. The summed E-state index contributed by atoms with van der Waals surface area (Å²) in [6, 6.07) is 0. The molecule has 0 aromatic carbocycles. The molecule has 2 atom stereocenters. The number of aliphatic hydroxyl groups excluding tert-OH is 1. The van der Waals surface area contributed by atoms with Crippen molar-refractivity contribution in [2.24, 2.45) is 0 Å². The average molecular weight is 363 g/mol. The number of quaternary nitrogens is 1. The second-order valence-electron chi connectivity index (χ2n) is 7.84. The molecule has 0 fully saturated rings. The first-order chi connectivity index (χ1) is 11.5. The lowest BCUT2D eigenvalue weighted by Crippen LogP contribution is -2.53. The van der Waals surface area contributed by atoms with Gasteiger partial charge >= 0.3 is 0 Å². The van der Waals surface area contributed by atoms with Gasteiger partial charge in [0.2, 0.25) is 0 Å². The second-order valence-corrected chi connectivity index (χ2v) is 8.46. The van der Waals surface area contributed by atoms with Gasteiger partial charge in [0.15, 0.2) is 0 Å². The monoisotopic (exact) mass is 362 g/mol. The molecular formula is C21H45ClNO+. The topological polar surface area (TPSA) is 20.2 Å². The van der Waals surface area contributed by atoms with Gasteiger partial charge in [-0.1, -0.05) is 65.7 Å². The zero-order valence-electron chi connectivity index (χ0n) is 17.0. The summed E-state index contributed by atoms with van der Waals surface area (Å²) in [6.07, 6.45) is 13.9. The van der Waals surface area contributed by atoms with E-state index in [4.69, 9.17) is 11.6 Å². The Labute approximate surface area is 157 Å². The lowest BCUT2D eigenvalue weighted by atomic mass is 10.1. The van der Waals surface area contributed by atoms with E-state index in [-0.39, 0.29) is 6.10 Å². The molecule has 0 aromatic heterocycles. The molecule has 0 heterocycles. The van der Waals surface area contributed by atoms with E-state index in [1.165, 1.54) is 70.9 Å². The molecule has 24 heavy (non-hydrogen) atoms. The summed E-state index contributed by atoms with van der Waals surface area (Å²) in [6.45, 7) is 13.0. The van der Waals surface area contributed by atoms with Crippen molar-refractivity contribution in [1.82, 2.24) is 0 Å². The van der Waals surface area contributed by atoms with Gasteiger partial charge in [-0.2, -0.15) is 0 Å². The minimum atomic E-state index is -0.222. The first-order valence-electron chi connectivity index (χ1n) is 10.7. The van der Waals surface area contributed by atoms with E-state index in [0.717, 1.165) is 30.4 Å². The molecule has 0 radical (unpaired) electrons. The largest absolute Gasteiger partial charge is 0.388 e. The summed E-state index contributed by atoms with van der Waals surface area (Å²) in [7, 11) is 0. The normalized spacial score (nSPS) is 14.8. The summed E-state index contributed by atoms with van der Waals surface area (Å²) in [5.74, 6) is 0. The van der Waals surface area contributed by atoms with Crippen molar-refractivity contribution >= 4 is 11.6 Å². The Bertz CT molecular complexity index is 265. The van der Waals surface area contributed by atoms with Crippen LogP contribution >= 0.6 is 11.6 Å². The number of unbranched alkanes of at least 4 members (excludes halogenated alkanes) is 6. The molecule has 2 nitrogen and oxygen atoms in total. The zero-order valence-corrected chi connectivity index (χ0v) is 17.8. The molecule has 0 aliphatic carbocycles. The Morgan fingerprint density at radius 3 is 1.79 bits per heavy atom. The van der Waals surface area contributed by atoms with Crippen LogP contribution in [0.15, 0.2) is 0 Å². The zero-order chi connectivity index (χ0) is 18.3. The molecule has 3 heteroatoms. The van der Waals surface area contributed by atoms with Crippen molar-refractivity contribution in [2.45, 2.75) is 110 Å². The van der Waals surface area contributed by atoms with Gasteiger partial charge in [0.1, 0.15) is 12.6 Å². The summed E-state index contributed by atoms with van der Waals surface area (Å²) in [4.78, 5) is 0. The Hall–Kier alpha value is 0.210. The van der Waals surface area contributed by atoms with Gasteiger partial charge in [0.25, 0.3) is 0 Å². The summed E-state index contributed by atoms with van der Waals surface area (Å²) in [5, 5.41) is 10.2. The van der Waals surface area contributed by atoms with Crippen molar-refractivity contribution in [3.8, 4) is 0 Å². The molecule has 0 aromatic rings. The number of rotatable bonds is 17. The van der Waals surface area contributed by atoms with Gasteiger partial charge in [-0.05, 0) is 26.2 Å². The van der Waals surface area contributed by atoms with Gasteiger partial charge in [0, 0.05) is 11.8 Å². The number of aliphatic hydroxyl groups is 1. The maximum Gasteiger partial charge on any atom is 0.105 e. The summed E-state index contributed by atoms with van der Waals surface area (Å²) in [5.41, 5.74) is 0. The first-order valence-corrected chi connectivity index (χ1v) is 11.1. The summed E-state index contributed by atoms with van der Waals surface area (Å²) >= 11 is 6.61. The van der Waals surface area contributed by atoms with E-state index >= 15 is 0 Å². The molecule has 0 rings (SSSR count). The molecule has 0 aliphatic rings. The van der Waals surface area contributed by atoms with E-state index in [0.29, 0.717) is 5.38 Å². The molecule has 2 unspecified atom stereocenters. The van der Waals surface area contributed by atoms with Crippen molar-refractivity contribution in [3.05, 3.63) is 0 Å². The van der Waals surface area contributed by atoms with Crippen molar-refractivity contribution in [3.63, 3.8) is 0 Å². The Balaban J connectivity index is 4.08. The van der Waals surface area contributed by atoms with E-state index in [1.54, 1.807) is 0 Å². The highest BCUT2D eigenvalue weighted by Crippen LogP contribution is 2.19. The van der Waals surface area contributed by atoms with E-state index < -0.39 is 0 Å². The average Bonchev–Trinajstić information content (AvgIpc) is 2.52. The van der Waals surface area contributed by atoms with Gasteiger partial charge in [-0.25, -0.2) is 0 Å². The third-order valence-electron chi connectivity index (χ3n) is 5.09. The van der Waals surface area contributed by atoms with Crippen LogP contribution in [0, 0.1) is 0 Å². The molecule has 0 aliphatic heterocycles. The van der Waals surface area contributed by atoms with Crippen LogP contribution in [0.1, 0.15) is 98.3 Å². The Kier molecular flexibility index (Phi) is 15.6. The minimum Gasteiger partial charge on any atom is -0.388 e. The predicted octanol–water partition coefficient (Wildman–Crippen LogP) is 6.14. The molecule has 0 saturated carbocycles. The highest BCUT2D eigenvalue weighted by molar-refractivity contribution is 6.20. The fourth-order valence-corrected chi connectivity index (χ4v) is 4.25. The third-order valence-corrected chi connectivity index (χ3v) is 5.52. The standard InChI is InChI=1S/C21H45ClNO/c1-5-8-9-10-11-12-13-14-21(22)15-18-23(16-6-2,17-7-3)19-20(4)24/h20-21,24H,5-19H2,1-4H3/q+1. The Morgan fingerprint density at radius 2 is 1.29 bits per heavy atom. The van der Waals surface area contributed by atoms with Gasteiger partial charge in [-0.3, -0.25) is 0 Å². The van der Waals surface area contributed by atoms with E-state index in [9.17, 15) is 5.11 Å². The lowest BCUT2D eigenvalue weighted by Gasteiger charge is -2.40. The molecule has 1 N–H and O–H groups in total. The maximum atomic E-state index is 9.92. The number of hydrogen-bond donors (Lipinski definition) is 1. The molecular weight excluding hydrogens is 318 g/mol. The van der Waals surface area contributed by atoms with Crippen LogP contribution in [0.3, 0.4) is 0 Å². The quantitative estimate of drug-likeness (QED) is 0.187. The number of nitrogens with zero attached hydrogens (tertiary/aromatic N) is 1. The molecule has 0 saturated heterocycles. The molecule has 0 bridgehead atoms. The van der Waals surface area contributed by atoms with Crippen LogP contribution in [0.25, 0.3) is 0 Å². The molecule has 0 spiro atoms. The molecule has 146 valence electrons. The fraction of sp³-hybridized carbons (Fsp3) is 1.00. The maximum absolute atomic E-state index is 9.92. The van der Waals surface area contributed by atoms with Crippen LogP contribution < -0.4 is 0 Å². The number of hydrogen-bond acceptors (Lipinski definition) is 1. The van der Waals surface area contributed by atoms with Crippen molar-refractivity contribution in [2.75, 3.05) is 26.2 Å². The Morgan fingerprint density at radius 1 is 0.750 bits per heavy atom. The SMILES string of the molecule is CCCCCCCCCC(Cl)CC[N+](CCC)(CCC)CC(C)O. The summed E-state index contributed by atoms with van der Waals surface area (Å²) < 4.78 is 1.05. The van der Waals surface area contributed by atoms with Crippen LogP contribution in [-0.2, 0) is 0 Å². The molecule has 0 amide bonds. The highest BCUT2D eigenvalue weighted by atomic mass is 35.5.